The van der Waals surface area contributed by atoms with Crippen LogP contribution in [0.4, 0.5) is 5.69 Å². The number of aromatic nitrogens is 2. The summed E-state index contributed by atoms with van der Waals surface area (Å²) in [6, 6.07) is 16.4. The summed E-state index contributed by atoms with van der Waals surface area (Å²) in [6.45, 7) is 7.37. The molecule has 35 heavy (non-hydrogen) atoms. The molecule has 1 amide bonds. The molecule has 2 aromatic carbocycles. The number of carbonyl (C=O) groups excluding carboxylic acids is 1. The number of rotatable bonds is 4. The van der Waals surface area contributed by atoms with Gasteiger partial charge in [-0.05, 0) is 87.5 Å². The van der Waals surface area contributed by atoms with Crippen LogP contribution in [-0.4, -0.2) is 46.0 Å². The summed E-state index contributed by atoms with van der Waals surface area (Å²) in [5, 5.41) is 0.670. The molecule has 1 saturated carbocycles. The van der Waals surface area contributed by atoms with Gasteiger partial charge in [-0.15, -0.1) is 0 Å². The Labute approximate surface area is 211 Å². The first-order valence-corrected chi connectivity index (χ1v) is 13.2. The van der Waals surface area contributed by atoms with Gasteiger partial charge in [0.15, 0.2) is 4.77 Å². The van der Waals surface area contributed by atoms with Crippen molar-refractivity contribution in [2.75, 3.05) is 24.5 Å². The van der Waals surface area contributed by atoms with E-state index < -0.39 is 0 Å². The van der Waals surface area contributed by atoms with E-state index in [4.69, 9.17) is 12.2 Å². The van der Waals surface area contributed by atoms with Crippen LogP contribution in [0.15, 0.2) is 53.3 Å². The molecule has 1 atom stereocenters. The number of nitrogens with zero attached hydrogens (tertiary/aromatic N) is 3. The number of fused-ring (bicyclic) bond motifs is 1. The SMILES string of the molecule is Cc1cccc(N2CCN(C(=O)C3CCC(Cn4c(=S)[nH]c5ccccc5c4=O)CC3)CC2C)c1. The van der Waals surface area contributed by atoms with Gasteiger partial charge in [0.1, 0.15) is 0 Å². The smallest absolute Gasteiger partial charge is 0.262 e. The van der Waals surface area contributed by atoms with Crippen molar-refractivity contribution in [1.82, 2.24) is 14.5 Å². The molecule has 6 nitrogen and oxygen atoms in total. The summed E-state index contributed by atoms with van der Waals surface area (Å²) >= 11 is 5.49. The van der Waals surface area contributed by atoms with Gasteiger partial charge in [-0.3, -0.25) is 14.2 Å². The molecular weight excluding hydrogens is 456 g/mol. The number of amides is 1. The predicted octanol–water partition coefficient (Wildman–Crippen LogP) is 4.91. The van der Waals surface area contributed by atoms with Crippen LogP contribution < -0.4 is 10.5 Å². The second-order valence-electron chi connectivity index (χ2n) is 10.3. The van der Waals surface area contributed by atoms with Gasteiger partial charge < -0.3 is 14.8 Å². The van der Waals surface area contributed by atoms with E-state index in [1.165, 1.54) is 11.3 Å². The van der Waals surface area contributed by atoms with Gasteiger partial charge in [-0.1, -0.05) is 24.3 Å². The van der Waals surface area contributed by atoms with Crippen molar-refractivity contribution in [3.63, 3.8) is 0 Å². The van der Waals surface area contributed by atoms with Crippen molar-refractivity contribution in [1.29, 1.82) is 0 Å². The Morgan fingerprint density at radius 2 is 1.83 bits per heavy atom. The van der Waals surface area contributed by atoms with E-state index in [2.05, 4.69) is 52.9 Å². The second kappa shape index (κ2) is 9.97. The summed E-state index contributed by atoms with van der Waals surface area (Å²) in [5.41, 5.74) is 3.26. The zero-order valence-electron chi connectivity index (χ0n) is 20.6. The standard InChI is InChI=1S/C28H34N4O2S/c1-19-6-5-7-23(16-19)31-15-14-30(17-20(31)2)26(33)22-12-10-21(11-13-22)18-32-27(34)24-8-3-4-9-25(24)29-28(32)35/h3-9,16,20-22H,10-15,17-18H2,1-2H3,(H,29,35). The van der Waals surface area contributed by atoms with Crippen LogP contribution in [-0.2, 0) is 11.3 Å². The van der Waals surface area contributed by atoms with E-state index in [1.54, 1.807) is 4.57 Å². The van der Waals surface area contributed by atoms with E-state index in [0.717, 1.165) is 50.8 Å². The molecule has 1 unspecified atom stereocenters. The number of hydrogen-bond donors (Lipinski definition) is 1. The summed E-state index contributed by atoms with van der Waals surface area (Å²) in [7, 11) is 0. The van der Waals surface area contributed by atoms with Crippen LogP contribution in [0, 0.1) is 23.5 Å². The quantitative estimate of drug-likeness (QED) is 0.528. The number of aromatic amines is 1. The third-order valence-corrected chi connectivity index (χ3v) is 8.12. The summed E-state index contributed by atoms with van der Waals surface area (Å²) in [5.74, 6) is 0.760. The monoisotopic (exact) mass is 490 g/mol. The number of piperazine rings is 1. The van der Waals surface area contributed by atoms with Gasteiger partial charge in [-0.25, -0.2) is 0 Å². The first-order valence-electron chi connectivity index (χ1n) is 12.7. The highest BCUT2D eigenvalue weighted by molar-refractivity contribution is 7.71. The van der Waals surface area contributed by atoms with Crippen LogP contribution >= 0.6 is 12.2 Å². The highest BCUT2D eigenvalue weighted by atomic mass is 32.1. The van der Waals surface area contributed by atoms with E-state index >= 15 is 0 Å². The molecule has 1 saturated heterocycles. The van der Waals surface area contributed by atoms with Crippen molar-refractivity contribution in [2.45, 2.75) is 52.1 Å². The van der Waals surface area contributed by atoms with E-state index in [9.17, 15) is 9.59 Å². The Balaban J connectivity index is 1.18. The maximum absolute atomic E-state index is 13.3. The Kier molecular flexibility index (Phi) is 6.78. The minimum atomic E-state index is -0.0250. The number of carbonyl (C=O) groups is 1. The van der Waals surface area contributed by atoms with Crippen LogP contribution in [0.2, 0.25) is 0 Å². The summed E-state index contributed by atoms with van der Waals surface area (Å²) in [6.07, 6.45) is 3.66. The normalized spacial score (nSPS) is 23.0. The van der Waals surface area contributed by atoms with Gasteiger partial charge in [0.05, 0.1) is 10.9 Å². The average molecular weight is 491 g/mol. The molecule has 5 rings (SSSR count). The minimum Gasteiger partial charge on any atom is -0.365 e. The third kappa shape index (κ3) is 4.92. The summed E-state index contributed by atoms with van der Waals surface area (Å²) in [4.78, 5) is 34.0. The van der Waals surface area contributed by atoms with Crippen LogP contribution in [0.25, 0.3) is 10.9 Å². The number of nitrogens with one attached hydrogen (secondary N) is 1. The highest BCUT2D eigenvalue weighted by Gasteiger charge is 2.33. The molecule has 2 aliphatic rings. The molecule has 3 aromatic rings. The maximum Gasteiger partial charge on any atom is 0.262 e. The Morgan fingerprint density at radius 1 is 1.06 bits per heavy atom. The lowest BCUT2D eigenvalue weighted by Gasteiger charge is -2.43. The fourth-order valence-electron chi connectivity index (χ4n) is 5.82. The van der Waals surface area contributed by atoms with Crippen molar-refractivity contribution in [3.8, 4) is 0 Å². The lowest BCUT2D eigenvalue weighted by Crippen LogP contribution is -2.55. The molecular formula is C28H34N4O2S. The number of hydrogen-bond acceptors (Lipinski definition) is 4. The van der Waals surface area contributed by atoms with Crippen molar-refractivity contribution in [3.05, 3.63) is 69.2 Å². The van der Waals surface area contributed by atoms with Crippen molar-refractivity contribution >= 4 is 34.7 Å². The molecule has 1 aliphatic heterocycles. The first kappa shape index (κ1) is 23.8. The Bertz CT molecular complexity index is 1340. The van der Waals surface area contributed by atoms with Crippen molar-refractivity contribution in [2.24, 2.45) is 11.8 Å². The van der Waals surface area contributed by atoms with Crippen LogP contribution in [0.3, 0.4) is 0 Å². The largest absolute Gasteiger partial charge is 0.365 e. The predicted molar refractivity (Wildman–Crippen MR) is 143 cm³/mol. The molecule has 1 N–H and O–H groups in total. The fraction of sp³-hybridized carbons (Fsp3) is 0.464. The lowest BCUT2D eigenvalue weighted by molar-refractivity contribution is -0.137. The van der Waals surface area contributed by atoms with Gasteiger partial charge in [-0.2, -0.15) is 0 Å². The number of anilines is 1. The molecule has 7 heteroatoms. The van der Waals surface area contributed by atoms with Gasteiger partial charge >= 0.3 is 0 Å². The van der Waals surface area contributed by atoms with Gasteiger partial charge in [0.2, 0.25) is 5.91 Å². The molecule has 1 aromatic heterocycles. The first-order chi connectivity index (χ1) is 16.9. The fourth-order valence-corrected chi connectivity index (χ4v) is 6.09. The van der Waals surface area contributed by atoms with Crippen LogP contribution in [0.1, 0.15) is 38.2 Å². The number of H-pyrrole nitrogens is 1. The molecule has 0 spiro atoms. The third-order valence-electron chi connectivity index (χ3n) is 7.80. The number of benzene rings is 2. The number of para-hydroxylation sites is 1. The maximum atomic E-state index is 13.3. The summed E-state index contributed by atoms with van der Waals surface area (Å²) < 4.78 is 2.18. The Hall–Kier alpha value is -2.93. The van der Waals surface area contributed by atoms with Gasteiger partial charge in [0.25, 0.3) is 5.56 Å². The molecule has 1 aliphatic carbocycles. The van der Waals surface area contributed by atoms with Crippen LogP contribution in [0.5, 0.6) is 0 Å². The molecule has 184 valence electrons. The molecule has 0 bridgehead atoms. The molecule has 0 radical (unpaired) electrons. The van der Waals surface area contributed by atoms with Crippen molar-refractivity contribution < 1.29 is 4.79 Å². The minimum absolute atomic E-state index is 0.0250. The molecule has 2 heterocycles. The Morgan fingerprint density at radius 3 is 2.57 bits per heavy atom. The van der Waals surface area contributed by atoms with E-state index in [0.29, 0.717) is 34.6 Å². The number of aryl methyl sites for hydroxylation is 1. The average Bonchev–Trinajstić information content (AvgIpc) is 2.86. The van der Waals surface area contributed by atoms with E-state index in [-0.39, 0.29) is 11.5 Å². The second-order valence-corrected chi connectivity index (χ2v) is 10.7. The van der Waals surface area contributed by atoms with E-state index in [1.807, 2.05) is 24.3 Å². The topological polar surface area (TPSA) is 61.3 Å². The zero-order valence-corrected chi connectivity index (χ0v) is 21.4. The van der Waals surface area contributed by atoms with Gasteiger partial charge in [0, 0.05) is 43.8 Å². The molecule has 2 fully saturated rings. The highest BCUT2D eigenvalue weighted by Crippen LogP contribution is 2.32. The lowest BCUT2D eigenvalue weighted by atomic mass is 9.81. The zero-order chi connectivity index (χ0) is 24.5.